The van der Waals surface area contributed by atoms with Crippen LogP contribution >= 0.6 is 0 Å². The van der Waals surface area contributed by atoms with Gasteiger partial charge in [0.25, 0.3) is 0 Å². The Morgan fingerprint density at radius 3 is 2.40 bits per heavy atom. The molecule has 0 aromatic heterocycles. The molecule has 2 fully saturated rings. The first-order valence-electron chi connectivity index (χ1n) is 14.9. The first-order valence-corrected chi connectivity index (χ1v) is 16.3. The van der Waals surface area contributed by atoms with Gasteiger partial charge >= 0.3 is 6.18 Å². The van der Waals surface area contributed by atoms with E-state index < -0.39 is 50.1 Å². The smallest absolute Gasteiger partial charge is 0.416 e. The molecule has 1 saturated carbocycles. The third-order valence-corrected chi connectivity index (χ3v) is 12.1. The molecule has 0 bridgehead atoms. The molecule has 3 aliphatic rings. The molecule has 230 valence electrons. The van der Waals surface area contributed by atoms with Crippen LogP contribution in [0, 0.1) is 17.6 Å². The summed E-state index contributed by atoms with van der Waals surface area (Å²) in [6, 6.07) is 12.4. The van der Waals surface area contributed by atoms with Crippen LogP contribution in [0.15, 0.2) is 65.6 Å². The Labute approximate surface area is 248 Å². The molecule has 1 saturated heterocycles. The minimum Gasteiger partial charge on any atom is -0.489 e. The normalized spacial score (nSPS) is 23.1. The molecule has 10 heteroatoms. The van der Waals surface area contributed by atoms with Gasteiger partial charge in [0.2, 0.25) is 0 Å². The van der Waals surface area contributed by atoms with Crippen molar-refractivity contribution < 1.29 is 35.1 Å². The molecular formula is C33H34F5NO3S. The highest BCUT2D eigenvalue weighted by Gasteiger charge is 2.59. The van der Waals surface area contributed by atoms with Crippen LogP contribution in [0.4, 0.5) is 22.0 Å². The summed E-state index contributed by atoms with van der Waals surface area (Å²) in [7, 11) is -3.98. The summed E-state index contributed by atoms with van der Waals surface area (Å²) in [6.07, 6.45) is 2.65. The van der Waals surface area contributed by atoms with E-state index >= 15 is 0 Å². The molecule has 43 heavy (non-hydrogen) atoms. The summed E-state index contributed by atoms with van der Waals surface area (Å²) >= 11 is 0. The van der Waals surface area contributed by atoms with Gasteiger partial charge in [0, 0.05) is 24.7 Å². The minimum absolute atomic E-state index is 0.0609. The zero-order valence-corrected chi connectivity index (χ0v) is 24.5. The van der Waals surface area contributed by atoms with Crippen LogP contribution in [0.3, 0.4) is 0 Å². The minimum atomic E-state index is -4.74. The number of sulfone groups is 1. The molecular weight excluding hydrogens is 585 g/mol. The molecule has 1 aliphatic heterocycles. The molecule has 6 rings (SSSR count). The van der Waals surface area contributed by atoms with Gasteiger partial charge in [-0.25, -0.2) is 17.2 Å². The van der Waals surface area contributed by atoms with Crippen molar-refractivity contribution in [1.82, 2.24) is 4.90 Å². The number of halogens is 5. The summed E-state index contributed by atoms with van der Waals surface area (Å²) < 4.78 is 102. The van der Waals surface area contributed by atoms with Crippen molar-refractivity contribution in [2.24, 2.45) is 5.92 Å². The molecule has 0 amide bonds. The summed E-state index contributed by atoms with van der Waals surface area (Å²) in [6.45, 7) is 0.829. The van der Waals surface area contributed by atoms with Gasteiger partial charge < -0.3 is 4.74 Å². The molecule has 3 aromatic rings. The first-order chi connectivity index (χ1) is 20.5. The van der Waals surface area contributed by atoms with Crippen molar-refractivity contribution >= 4 is 9.84 Å². The van der Waals surface area contributed by atoms with E-state index in [9.17, 15) is 30.4 Å². The maximum absolute atomic E-state index is 14.5. The quantitative estimate of drug-likeness (QED) is 0.200. The van der Waals surface area contributed by atoms with E-state index in [1.165, 1.54) is 31.4 Å². The number of hydrogen-bond acceptors (Lipinski definition) is 4. The fourth-order valence-corrected chi connectivity index (χ4v) is 9.95. The van der Waals surface area contributed by atoms with Crippen LogP contribution in [-0.4, -0.2) is 32.4 Å². The number of ether oxygens (including phenoxy) is 1. The van der Waals surface area contributed by atoms with Gasteiger partial charge in [-0.1, -0.05) is 31.4 Å². The topological polar surface area (TPSA) is 46.6 Å². The number of hydrogen-bond donors (Lipinski definition) is 0. The SMILES string of the molecule is O=S(=O)(c1ccc(F)cc1)C12CCN(CC3CCCCC3)C1CCc1cc(OCc3c(F)cccc3C(F)(F)F)ccc12. The van der Waals surface area contributed by atoms with Crippen LogP contribution in [-0.2, 0) is 33.8 Å². The highest BCUT2D eigenvalue weighted by molar-refractivity contribution is 7.92. The van der Waals surface area contributed by atoms with Gasteiger partial charge in [-0.05, 0) is 97.7 Å². The van der Waals surface area contributed by atoms with Crippen molar-refractivity contribution in [3.8, 4) is 5.75 Å². The Morgan fingerprint density at radius 1 is 0.930 bits per heavy atom. The summed E-state index contributed by atoms with van der Waals surface area (Å²) in [4.78, 5) is 2.40. The second-order valence-electron chi connectivity index (χ2n) is 12.0. The maximum Gasteiger partial charge on any atom is 0.416 e. The molecule has 3 aromatic carbocycles. The van der Waals surface area contributed by atoms with E-state index in [2.05, 4.69) is 4.90 Å². The lowest BCUT2D eigenvalue weighted by Gasteiger charge is -2.43. The number of alkyl halides is 3. The van der Waals surface area contributed by atoms with Gasteiger partial charge in [0.05, 0.1) is 10.5 Å². The number of nitrogens with zero attached hydrogens (tertiary/aromatic N) is 1. The van der Waals surface area contributed by atoms with Gasteiger partial charge in [-0.15, -0.1) is 0 Å². The molecule has 1 heterocycles. The van der Waals surface area contributed by atoms with Crippen LogP contribution in [0.5, 0.6) is 5.75 Å². The van der Waals surface area contributed by atoms with Crippen LogP contribution in [0.2, 0.25) is 0 Å². The van der Waals surface area contributed by atoms with Crippen molar-refractivity contribution in [3.63, 3.8) is 0 Å². The van der Waals surface area contributed by atoms with Crippen molar-refractivity contribution in [2.75, 3.05) is 13.1 Å². The Morgan fingerprint density at radius 2 is 1.67 bits per heavy atom. The van der Waals surface area contributed by atoms with Crippen molar-refractivity contribution in [1.29, 1.82) is 0 Å². The maximum atomic E-state index is 14.5. The molecule has 0 radical (unpaired) electrons. The van der Waals surface area contributed by atoms with Gasteiger partial charge in [0.15, 0.2) is 9.84 Å². The van der Waals surface area contributed by atoms with E-state index in [-0.39, 0.29) is 16.7 Å². The van der Waals surface area contributed by atoms with E-state index in [1.807, 2.05) is 0 Å². The Bertz CT molecular complexity index is 1590. The number of rotatable bonds is 7. The van der Waals surface area contributed by atoms with Crippen LogP contribution < -0.4 is 4.74 Å². The predicted octanol–water partition coefficient (Wildman–Crippen LogP) is 7.83. The van der Waals surface area contributed by atoms with Crippen molar-refractivity contribution in [2.45, 2.75) is 79.8 Å². The summed E-state index contributed by atoms with van der Waals surface area (Å²) in [5, 5.41) is 0. The fraction of sp³-hybridized carbons (Fsp3) is 0.455. The Hall–Kier alpha value is -2.98. The second kappa shape index (κ2) is 11.5. The van der Waals surface area contributed by atoms with E-state index in [0.29, 0.717) is 37.3 Å². The van der Waals surface area contributed by atoms with Gasteiger partial charge in [-0.3, -0.25) is 4.90 Å². The molecule has 0 spiro atoms. The lowest BCUT2D eigenvalue weighted by atomic mass is 9.78. The lowest BCUT2D eigenvalue weighted by molar-refractivity contribution is -0.138. The number of likely N-dealkylation sites (tertiary alicyclic amines) is 1. The molecule has 2 unspecified atom stereocenters. The van der Waals surface area contributed by atoms with Crippen LogP contribution in [0.1, 0.15) is 67.2 Å². The molecule has 2 atom stereocenters. The third kappa shape index (κ3) is 5.45. The van der Waals surface area contributed by atoms with Crippen LogP contribution in [0.25, 0.3) is 0 Å². The highest BCUT2D eigenvalue weighted by atomic mass is 32.2. The number of aryl methyl sites for hydroxylation is 1. The number of benzene rings is 3. The Kier molecular flexibility index (Phi) is 8.04. The monoisotopic (exact) mass is 619 g/mol. The molecule has 0 N–H and O–H groups in total. The van der Waals surface area contributed by atoms with E-state index in [4.69, 9.17) is 4.74 Å². The average Bonchev–Trinajstić information content (AvgIpc) is 3.36. The predicted molar refractivity (Wildman–Crippen MR) is 152 cm³/mol. The zero-order chi connectivity index (χ0) is 30.4. The summed E-state index contributed by atoms with van der Waals surface area (Å²) in [5.74, 6) is -0.771. The standard InChI is InChI=1S/C33H34F5NO3S/c34-24-10-13-26(14-11-24)43(40,41)32-17-18-39(20-22-5-2-1-3-6-22)31(32)16-9-23-19-25(12-15-28(23)32)42-21-27-29(33(36,37)38)7-4-8-30(27)35/h4,7-8,10-15,19,22,31H,1-3,5-6,9,16-18,20-21H2. The largest absolute Gasteiger partial charge is 0.489 e. The third-order valence-electron chi connectivity index (χ3n) is 9.60. The number of fused-ring (bicyclic) bond motifs is 3. The summed E-state index contributed by atoms with van der Waals surface area (Å²) in [5.41, 5.74) is -0.295. The average molecular weight is 620 g/mol. The second-order valence-corrected chi connectivity index (χ2v) is 14.2. The Balaban J connectivity index is 1.35. The van der Waals surface area contributed by atoms with Gasteiger partial charge in [0.1, 0.15) is 28.7 Å². The van der Waals surface area contributed by atoms with E-state index in [0.717, 1.165) is 55.3 Å². The highest BCUT2D eigenvalue weighted by Crippen LogP contribution is 2.53. The zero-order valence-electron chi connectivity index (χ0n) is 23.7. The van der Waals surface area contributed by atoms with E-state index in [1.54, 1.807) is 18.2 Å². The molecule has 2 aliphatic carbocycles. The lowest BCUT2D eigenvalue weighted by Crippen LogP contribution is -2.51. The molecule has 4 nitrogen and oxygen atoms in total. The fourth-order valence-electron chi connectivity index (χ4n) is 7.56. The van der Waals surface area contributed by atoms with Gasteiger partial charge in [-0.2, -0.15) is 13.2 Å². The first kappa shape index (κ1) is 30.1. The van der Waals surface area contributed by atoms with Crippen molar-refractivity contribution in [3.05, 3.63) is 94.6 Å².